The van der Waals surface area contributed by atoms with Crippen LogP contribution in [0.15, 0.2) is 72.9 Å². The second kappa shape index (κ2) is 58.7. The molecular formula is C63H112O5. The van der Waals surface area contributed by atoms with E-state index in [1.165, 1.54) is 193 Å². The van der Waals surface area contributed by atoms with E-state index in [-0.39, 0.29) is 25.2 Å². The zero-order valence-corrected chi connectivity index (χ0v) is 45.4. The predicted molar refractivity (Wildman–Crippen MR) is 297 cm³/mol. The highest BCUT2D eigenvalue weighted by Crippen LogP contribution is 2.15. The molecule has 0 fully saturated rings. The van der Waals surface area contributed by atoms with Crippen molar-refractivity contribution in [1.29, 1.82) is 0 Å². The Morgan fingerprint density at radius 3 is 1.03 bits per heavy atom. The van der Waals surface area contributed by atoms with Crippen molar-refractivity contribution in [2.24, 2.45) is 0 Å². The summed E-state index contributed by atoms with van der Waals surface area (Å²) in [4.78, 5) is 25.6. The molecule has 1 unspecified atom stereocenters. The smallest absolute Gasteiger partial charge is 0.306 e. The van der Waals surface area contributed by atoms with Crippen LogP contribution in [0.25, 0.3) is 0 Å². The summed E-state index contributed by atoms with van der Waals surface area (Å²) in [5, 5.41) is 0. The normalized spacial score (nSPS) is 12.7. The van der Waals surface area contributed by atoms with Crippen molar-refractivity contribution in [3.63, 3.8) is 0 Å². The van der Waals surface area contributed by atoms with Gasteiger partial charge in [0.25, 0.3) is 0 Å². The number of hydrogen-bond donors (Lipinski definition) is 0. The van der Waals surface area contributed by atoms with Gasteiger partial charge in [0.05, 0.1) is 6.61 Å². The average Bonchev–Trinajstić information content (AvgIpc) is 3.34. The van der Waals surface area contributed by atoms with E-state index in [1.807, 2.05) is 0 Å². The van der Waals surface area contributed by atoms with E-state index in [0.29, 0.717) is 19.4 Å². The second-order valence-corrected chi connectivity index (χ2v) is 19.5. The number of carbonyl (C=O) groups is 2. The Morgan fingerprint density at radius 2 is 0.647 bits per heavy atom. The first-order valence-corrected chi connectivity index (χ1v) is 29.5. The van der Waals surface area contributed by atoms with Crippen LogP contribution in [0.4, 0.5) is 0 Å². The number of carbonyl (C=O) groups excluding carboxylic acids is 2. The molecule has 0 saturated heterocycles. The van der Waals surface area contributed by atoms with Crippen molar-refractivity contribution >= 4 is 11.9 Å². The van der Waals surface area contributed by atoms with Gasteiger partial charge in [-0.1, -0.05) is 241 Å². The first-order valence-electron chi connectivity index (χ1n) is 29.5. The van der Waals surface area contributed by atoms with Crippen LogP contribution in [0.5, 0.6) is 0 Å². The van der Waals surface area contributed by atoms with Crippen molar-refractivity contribution in [2.45, 2.75) is 297 Å². The number of ether oxygens (including phenoxy) is 3. The van der Waals surface area contributed by atoms with Crippen molar-refractivity contribution in [2.75, 3.05) is 19.8 Å². The fraction of sp³-hybridized carbons (Fsp3) is 0.778. The Bertz CT molecular complexity index is 1210. The molecule has 1 atom stereocenters. The standard InChI is InChI=1S/C63H112O5/c1-4-7-10-13-16-19-22-25-28-30-32-34-36-38-41-44-47-50-53-56-62(64)67-60-61(59-66-58-55-52-49-46-43-40-27-24-21-18-15-12-9-6-3)68-63(65)57-54-51-48-45-42-39-37-35-33-31-29-26-23-20-17-14-11-8-5-2/h12,15-17,19-21,24-26,28-29,61H,4-11,13-14,18,22-23,27,30-60H2,1-3H3/b15-12-,19-16-,20-17-,24-21-,28-25-,29-26-. The Balaban J connectivity index is 4.27. The molecule has 0 saturated carbocycles. The van der Waals surface area contributed by atoms with Gasteiger partial charge in [-0.25, -0.2) is 0 Å². The van der Waals surface area contributed by atoms with Gasteiger partial charge in [-0.2, -0.15) is 0 Å². The van der Waals surface area contributed by atoms with Crippen molar-refractivity contribution < 1.29 is 23.8 Å². The van der Waals surface area contributed by atoms with Crippen molar-refractivity contribution in [1.82, 2.24) is 0 Å². The van der Waals surface area contributed by atoms with Gasteiger partial charge in [-0.05, 0) is 109 Å². The number of allylic oxidation sites excluding steroid dienone is 12. The van der Waals surface area contributed by atoms with E-state index in [9.17, 15) is 9.59 Å². The summed E-state index contributed by atoms with van der Waals surface area (Å²) in [6.45, 7) is 7.72. The van der Waals surface area contributed by atoms with Gasteiger partial charge in [0.2, 0.25) is 0 Å². The Labute approximate surface area is 423 Å². The monoisotopic (exact) mass is 949 g/mol. The summed E-state index contributed by atoms with van der Waals surface area (Å²) in [7, 11) is 0. The summed E-state index contributed by atoms with van der Waals surface area (Å²) in [6.07, 6.45) is 76.3. The first-order chi connectivity index (χ1) is 33.6. The lowest BCUT2D eigenvalue weighted by molar-refractivity contribution is -0.163. The maximum atomic E-state index is 12.9. The molecule has 0 aromatic heterocycles. The Hall–Kier alpha value is -2.66. The van der Waals surface area contributed by atoms with Gasteiger partial charge in [0.15, 0.2) is 6.10 Å². The molecule has 0 aliphatic rings. The predicted octanol–water partition coefficient (Wildman–Crippen LogP) is 20.2. The summed E-state index contributed by atoms with van der Waals surface area (Å²) in [5.74, 6) is -0.404. The maximum Gasteiger partial charge on any atom is 0.306 e. The van der Waals surface area contributed by atoms with Gasteiger partial charge in [-0.15, -0.1) is 0 Å². The lowest BCUT2D eigenvalue weighted by Crippen LogP contribution is -2.30. The van der Waals surface area contributed by atoms with Crippen LogP contribution >= 0.6 is 0 Å². The molecule has 0 spiro atoms. The van der Waals surface area contributed by atoms with Crippen LogP contribution in [-0.2, 0) is 23.8 Å². The van der Waals surface area contributed by atoms with Gasteiger partial charge >= 0.3 is 11.9 Å². The summed E-state index contributed by atoms with van der Waals surface area (Å²) in [5.41, 5.74) is 0. The fourth-order valence-electron chi connectivity index (χ4n) is 8.26. The van der Waals surface area contributed by atoms with Crippen LogP contribution in [0.2, 0.25) is 0 Å². The van der Waals surface area contributed by atoms with Gasteiger partial charge in [-0.3, -0.25) is 9.59 Å². The van der Waals surface area contributed by atoms with Gasteiger partial charge in [0, 0.05) is 19.4 Å². The summed E-state index contributed by atoms with van der Waals surface area (Å²) >= 11 is 0. The largest absolute Gasteiger partial charge is 0.462 e. The molecule has 0 radical (unpaired) electrons. The molecule has 5 heteroatoms. The third-order valence-corrected chi connectivity index (χ3v) is 12.7. The molecule has 68 heavy (non-hydrogen) atoms. The molecule has 0 amide bonds. The van der Waals surface area contributed by atoms with Gasteiger partial charge in [0.1, 0.15) is 6.61 Å². The average molecular weight is 950 g/mol. The SMILES string of the molecule is CCC/C=C\C/C=C\CCCCCCCCOCC(COC(=O)CCCCCCCCCCC/C=C\C/C=C\CCCCC)OC(=O)CCCCCCCCCCC/C=C\C/C=C\CCCCC. The molecule has 0 rings (SSSR count). The third kappa shape index (κ3) is 55.9. The molecular weight excluding hydrogens is 837 g/mol. The topological polar surface area (TPSA) is 61.8 Å². The molecule has 0 heterocycles. The van der Waals surface area contributed by atoms with E-state index >= 15 is 0 Å². The van der Waals surface area contributed by atoms with E-state index < -0.39 is 6.10 Å². The zero-order chi connectivity index (χ0) is 49.2. The molecule has 394 valence electrons. The zero-order valence-electron chi connectivity index (χ0n) is 45.4. The Morgan fingerprint density at radius 1 is 0.324 bits per heavy atom. The molecule has 0 bridgehead atoms. The summed E-state index contributed by atoms with van der Waals surface area (Å²) in [6, 6.07) is 0. The third-order valence-electron chi connectivity index (χ3n) is 12.7. The minimum atomic E-state index is -0.549. The van der Waals surface area contributed by atoms with Crippen LogP contribution in [0.1, 0.15) is 290 Å². The van der Waals surface area contributed by atoms with Crippen LogP contribution in [-0.4, -0.2) is 37.9 Å². The number of rotatable bonds is 54. The minimum absolute atomic E-state index is 0.0762. The first kappa shape index (κ1) is 65.3. The molecule has 5 nitrogen and oxygen atoms in total. The number of hydrogen-bond acceptors (Lipinski definition) is 5. The molecule has 0 aliphatic carbocycles. The van der Waals surface area contributed by atoms with Crippen LogP contribution in [0, 0.1) is 0 Å². The highest BCUT2D eigenvalue weighted by atomic mass is 16.6. The maximum absolute atomic E-state index is 12.9. The quantitative estimate of drug-likeness (QED) is 0.0345. The summed E-state index contributed by atoms with van der Waals surface area (Å²) < 4.78 is 17.5. The van der Waals surface area contributed by atoms with Crippen LogP contribution in [0.3, 0.4) is 0 Å². The lowest BCUT2D eigenvalue weighted by Gasteiger charge is -2.18. The fourth-order valence-corrected chi connectivity index (χ4v) is 8.26. The molecule has 0 N–H and O–H groups in total. The van der Waals surface area contributed by atoms with E-state index in [2.05, 4.69) is 93.7 Å². The Kier molecular flexibility index (Phi) is 56.4. The highest BCUT2D eigenvalue weighted by molar-refractivity contribution is 5.70. The molecule has 0 aromatic carbocycles. The van der Waals surface area contributed by atoms with E-state index in [4.69, 9.17) is 14.2 Å². The van der Waals surface area contributed by atoms with Crippen LogP contribution < -0.4 is 0 Å². The van der Waals surface area contributed by atoms with E-state index in [1.54, 1.807) is 0 Å². The number of unbranched alkanes of at least 4 members (excludes halogenated alkanes) is 31. The van der Waals surface area contributed by atoms with Crippen molar-refractivity contribution in [3.8, 4) is 0 Å². The lowest BCUT2D eigenvalue weighted by atomic mass is 10.1. The minimum Gasteiger partial charge on any atom is -0.462 e. The highest BCUT2D eigenvalue weighted by Gasteiger charge is 2.17. The van der Waals surface area contributed by atoms with Crippen molar-refractivity contribution in [3.05, 3.63) is 72.9 Å². The molecule has 0 aromatic rings. The molecule has 0 aliphatic heterocycles. The number of esters is 2. The van der Waals surface area contributed by atoms with E-state index in [0.717, 1.165) is 64.2 Å². The van der Waals surface area contributed by atoms with Gasteiger partial charge < -0.3 is 14.2 Å². The second-order valence-electron chi connectivity index (χ2n) is 19.5.